The minimum atomic E-state index is -4.07. The molecule has 0 radical (unpaired) electrons. The molecule has 1 aliphatic heterocycles. The van der Waals surface area contributed by atoms with Gasteiger partial charge < -0.3 is 10.1 Å². The van der Waals surface area contributed by atoms with Gasteiger partial charge in [0, 0.05) is 19.2 Å². The van der Waals surface area contributed by atoms with Crippen molar-refractivity contribution in [3.05, 3.63) is 0 Å². The average Bonchev–Trinajstić information content (AvgIpc) is 2.73. The molecule has 1 heterocycles. The molecule has 0 aromatic carbocycles. The third-order valence-corrected chi connectivity index (χ3v) is 4.23. The van der Waals surface area contributed by atoms with Crippen molar-refractivity contribution in [1.82, 2.24) is 5.32 Å². The molecule has 1 N–H and O–H groups in total. The average molecular weight is 265 g/mol. The monoisotopic (exact) mass is 265 g/mol. The Morgan fingerprint density at radius 2 is 1.94 bits per heavy atom. The van der Waals surface area contributed by atoms with Crippen LogP contribution in [0.4, 0.5) is 13.2 Å². The maximum Gasteiger partial charge on any atom is 0.393 e. The van der Waals surface area contributed by atoms with Crippen molar-refractivity contribution < 1.29 is 17.9 Å². The predicted molar refractivity (Wildman–Crippen MR) is 63.4 cm³/mol. The predicted octanol–water partition coefficient (Wildman–Crippen LogP) is 3.27. The van der Waals surface area contributed by atoms with Crippen molar-refractivity contribution in [1.29, 1.82) is 0 Å². The third-order valence-electron chi connectivity index (χ3n) is 4.23. The van der Waals surface area contributed by atoms with Crippen LogP contribution in [-0.4, -0.2) is 31.0 Å². The van der Waals surface area contributed by atoms with Crippen LogP contribution in [0, 0.1) is 5.92 Å². The van der Waals surface area contributed by atoms with E-state index in [9.17, 15) is 13.2 Å². The van der Waals surface area contributed by atoms with Crippen LogP contribution in [0.5, 0.6) is 0 Å². The highest BCUT2D eigenvalue weighted by Gasteiger charge is 2.45. The fourth-order valence-corrected chi connectivity index (χ4v) is 3.09. The highest BCUT2D eigenvalue weighted by molar-refractivity contribution is 4.89. The molecule has 0 aromatic heterocycles. The first kappa shape index (κ1) is 14.1. The molecule has 0 amide bonds. The third kappa shape index (κ3) is 3.38. The maximum atomic E-state index is 12.9. The summed E-state index contributed by atoms with van der Waals surface area (Å²) >= 11 is 0. The van der Waals surface area contributed by atoms with Gasteiger partial charge in [0.1, 0.15) is 0 Å². The number of ether oxygens (including phenoxy) is 1. The Morgan fingerprint density at radius 1 is 1.22 bits per heavy atom. The lowest BCUT2D eigenvalue weighted by molar-refractivity contribution is -0.189. The van der Waals surface area contributed by atoms with Crippen molar-refractivity contribution >= 4 is 0 Å². The van der Waals surface area contributed by atoms with Crippen LogP contribution in [0.1, 0.15) is 45.4 Å². The molecule has 1 saturated heterocycles. The summed E-state index contributed by atoms with van der Waals surface area (Å²) in [6, 6.07) is -0.431. The molecule has 18 heavy (non-hydrogen) atoms. The lowest BCUT2D eigenvalue weighted by Gasteiger charge is -2.36. The fraction of sp³-hybridized carbons (Fsp3) is 1.00. The van der Waals surface area contributed by atoms with Gasteiger partial charge in [-0.3, -0.25) is 0 Å². The van der Waals surface area contributed by atoms with Crippen molar-refractivity contribution in [3.63, 3.8) is 0 Å². The summed E-state index contributed by atoms with van der Waals surface area (Å²) in [7, 11) is 0. The largest absolute Gasteiger partial charge is 0.393 e. The second kappa shape index (κ2) is 5.37. The van der Waals surface area contributed by atoms with E-state index in [1.54, 1.807) is 0 Å². The Labute approximate surface area is 106 Å². The van der Waals surface area contributed by atoms with Gasteiger partial charge in [0.15, 0.2) is 0 Å². The topological polar surface area (TPSA) is 21.3 Å². The van der Waals surface area contributed by atoms with E-state index >= 15 is 0 Å². The normalized spacial score (nSPS) is 38.0. The lowest BCUT2D eigenvalue weighted by atomic mass is 9.83. The molecular formula is C13H22F3NO. The second-order valence-corrected chi connectivity index (χ2v) is 5.82. The highest BCUT2D eigenvalue weighted by atomic mass is 19.4. The molecule has 1 saturated carbocycles. The van der Waals surface area contributed by atoms with Gasteiger partial charge in [-0.15, -0.1) is 0 Å². The molecule has 3 atom stereocenters. The molecular weight excluding hydrogens is 243 g/mol. The molecule has 0 aromatic rings. The van der Waals surface area contributed by atoms with E-state index in [-0.39, 0.29) is 12.0 Å². The number of halogens is 3. The summed E-state index contributed by atoms with van der Waals surface area (Å²) in [6.45, 7) is 3.24. The van der Waals surface area contributed by atoms with Gasteiger partial charge in [0.2, 0.25) is 0 Å². The zero-order valence-corrected chi connectivity index (χ0v) is 10.9. The van der Waals surface area contributed by atoms with Crippen molar-refractivity contribution in [3.8, 4) is 0 Å². The van der Waals surface area contributed by atoms with E-state index in [1.807, 2.05) is 6.92 Å². The standard InChI is InChI=1S/C13H22F3NO/c1-12(7-4-8-18-12)9-17-11-6-3-2-5-10(11)13(14,15)16/h10-11,17H,2-9H2,1H3. The molecule has 0 bridgehead atoms. The first-order valence-corrected chi connectivity index (χ1v) is 6.85. The highest BCUT2D eigenvalue weighted by Crippen LogP contribution is 2.38. The Hall–Kier alpha value is -0.290. The number of alkyl halides is 3. The van der Waals surface area contributed by atoms with Crippen LogP contribution in [0.15, 0.2) is 0 Å². The summed E-state index contributed by atoms with van der Waals surface area (Å²) < 4.78 is 44.4. The Morgan fingerprint density at radius 3 is 2.56 bits per heavy atom. The number of nitrogens with one attached hydrogen (secondary N) is 1. The van der Waals surface area contributed by atoms with Crippen LogP contribution in [-0.2, 0) is 4.74 Å². The van der Waals surface area contributed by atoms with Crippen LogP contribution in [0.2, 0.25) is 0 Å². The molecule has 2 rings (SSSR count). The molecule has 1 aliphatic carbocycles. The summed E-state index contributed by atoms with van der Waals surface area (Å²) in [5.41, 5.74) is -0.270. The zero-order chi connectivity index (χ0) is 13.2. The minimum absolute atomic E-state index is 0.263. The van der Waals surface area contributed by atoms with Crippen LogP contribution in [0.3, 0.4) is 0 Å². The Bertz CT molecular complexity index is 274. The smallest absolute Gasteiger partial charge is 0.374 e. The minimum Gasteiger partial charge on any atom is -0.374 e. The van der Waals surface area contributed by atoms with Crippen molar-refractivity contribution in [2.45, 2.75) is 63.3 Å². The van der Waals surface area contributed by atoms with E-state index in [0.29, 0.717) is 19.4 Å². The molecule has 5 heteroatoms. The summed E-state index contributed by atoms with van der Waals surface area (Å²) in [5, 5.41) is 3.12. The van der Waals surface area contributed by atoms with Gasteiger partial charge in [-0.25, -0.2) is 0 Å². The molecule has 106 valence electrons. The van der Waals surface area contributed by atoms with Gasteiger partial charge in [-0.1, -0.05) is 12.8 Å². The van der Waals surface area contributed by atoms with Crippen LogP contribution < -0.4 is 5.32 Å². The van der Waals surface area contributed by atoms with E-state index in [1.165, 1.54) is 0 Å². The SMILES string of the molecule is CC1(CNC2CCCCC2C(F)(F)F)CCCO1. The van der Waals surface area contributed by atoms with Crippen molar-refractivity contribution in [2.75, 3.05) is 13.2 Å². The molecule has 3 unspecified atom stereocenters. The molecule has 2 nitrogen and oxygen atoms in total. The molecule has 0 spiro atoms. The zero-order valence-electron chi connectivity index (χ0n) is 10.9. The number of hydrogen-bond donors (Lipinski definition) is 1. The summed E-state index contributed by atoms with van der Waals surface area (Å²) in [6.07, 6.45) is 0.335. The van der Waals surface area contributed by atoms with Gasteiger partial charge in [0.25, 0.3) is 0 Å². The van der Waals surface area contributed by atoms with E-state index < -0.39 is 18.1 Å². The quantitative estimate of drug-likeness (QED) is 0.845. The summed E-state index contributed by atoms with van der Waals surface area (Å²) in [5.74, 6) is -1.18. The molecule has 2 fully saturated rings. The number of hydrogen-bond acceptors (Lipinski definition) is 2. The maximum absolute atomic E-state index is 12.9. The van der Waals surface area contributed by atoms with Crippen molar-refractivity contribution in [2.24, 2.45) is 5.92 Å². The van der Waals surface area contributed by atoms with E-state index in [0.717, 1.165) is 25.9 Å². The first-order chi connectivity index (χ1) is 8.41. The van der Waals surface area contributed by atoms with Crippen LogP contribution >= 0.6 is 0 Å². The van der Waals surface area contributed by atoms with Gasteiger partial charge >= 0.3 is 6.18 Å². The fourth-order valence-electron chi connectivity index (χ4n) is 3.09. The van der Waals surface area contributed by atoms with Crippen LogP contribution in [0.25, 0.3) is 0 Å². The van der Waals surface area contributed by atoms with Gasteiger partial charge in [-0.2, -0.15) is 13.2 Å². The first-order valence-electron chi connectivity index (χ1n) is 6.85. The summed E-state index contributed by atoms with van der Waals surface area (Å²) in [4.78, 5) is 0. The van der Waals surface area contributed by atoms with E-state index in [2.05, 4.69) is 5.32 Å². The Kier molecular flexibility index (Phi) is 4.22. The van der Waals surface area contributed by atoms with Gasteiger partial charge in [0.05, 0.1) is 11.5 Å². The number of rotatable bonds is 3. The second-order valence-electron chi connectivity index (χ2n) is 5.82. The molecule has 2 aliphatic rings. The van der Waals surface area contributed by atoms with E-state index in [4.69, 9.17) is 4.74 Å². The Balaban J connectivity index is 1.89. The van der Waals surface area contributed by atoms with Gasteiger partial charge in [-0.05, 0) is 32.6 Å². The lowest BCUT2D eigenvalue weighted by Crippen LogP contribution is -2.50.